The minimum atomic E-state index is -0.569. The van der Waals surface area contributed by atoms with E-state index in [2.05, 4.69) is 10.4 Å². The van der Waals surface area contributed by atoms with Gasteiger partial charge in [0.15, 0.2) is 6.61 Å². The van der Waals surface area contributed by atoms with Crippen molar-refractivity contribution >= 4 is 29.3 Å². The Balaban J connectivity index is 1.70. The molecule has 0 saturated carbocycles. The van der Waals surface area contributed by atoms with Gasteiger partial charge in [-0.25, -0.2) is 9.48 Å². The van der Waals surface area contributed by atoms with Crippen LogP contribution in [0, 0.1) is 0 Å². The number of unbranched alkanes of at least 4 members (excludes halogenated alkanes) is 1. The fourth-order valence-corrected chi connectivity index (χ4v) is 3.36. The van der Waals surface area contributed by atoms with Crippen LogP contribution in [0.1, 0.15) is 25.3 Å². The quantitative estimate of drug-likeness (QED) is 0.328. The van der Waals surface area contributed by atoms with E-state index >= 15 is 0 Å². The normalized spacial score (nSPS) is 10.9. The first-order chi connectivity index (χ1) is 14.2. The SMILES string of the molecule is CCCCNC(=O)COC(=O)/C=C/c1cn(-c2ccccc2)nc1-c1cccs1. The summed E-state index contributed by atoms with van der Waals surface area (Å²) in [6, 6.07) is 13.7. The van der Waals surface area contributed by atoms with Gasteiger partial charge in [0.25, 0.3) is 5.91 Å². The molecule has 29 heavy (non-hydrogen) atoms. The van der Waals surface area contributed by atoms with Crippen LogP contribution < -0.4 is 5.32 Å². The molecule has 0 saturated heterocycles. The third-order valence-corrected chi connectivity index (χ3v) is 4.99. The number of carbonyl (C=O) groups is 2. The summed E-state index contributed by atoms with van der Waals surface area (Å²) in [5.74, 6) is -0.864. The molecule has 7 heteroatoms. The van der Waals surface area contributed by atoms with Crippen molar-refractivity contribution < 1.29 is 14.3 Å². The van der Waals surface area contributed by atoms with Gasteiger partial charge in [-0.05, 0) is 36.1 Å². The van der Waals surface area contributed by atoms with Crippen LogP contribution in [-0.4, -0.2) is 34.8 Å². The maximum Gasteiger partial charge on any atom is 0.331 e. The van der Waals surface area contributed by atoms with Gasteiger partial charge in [0.05, 0.1) is 10.6 Å². The highest BCUT2D eigenvalue weighted by Gasteiger charge is 2.12. The predicted molar refractivity (Wildman–Crippen MR) is 115 cm³/mol. The minimum absolute atomic E-state index is 0.284. The number of amides is 1. The number of ether oxygens (including phenoxy) is 1. The number of nitrogens with one attached hydrogen (secondary N) is 1. The molecule has 1 amide bonds. The zero-order valence-electron chi connectivity index (χ0n) is 16.2. The van der Waals surface area contributed by atoms with Gasteiger partial charge in [0.1, 0.15) is 5.69 Å². The lowest BCUT2D eigenvalue weighted by atomic mass is 10.2. The molecule has 6 nitrogen and oxygen atoms in total. The molecule has 3 aromatic rings. The Kier molecular flexibility index (Phi) is 7.35. The fraction of sp³-hybridized carbons (Fsp3) is 0.227. The maximum absolute atomic E-state index is 12.0. The molecule has 0 radical (unpaired) electrons. The summed E-state index contributed by atoms with van der Waals surface area (Å²) in [6.45, 7) is 2.35. The number of rotatable bonds is 9. The van der Waals surface area contributed by atoms with Gasteiger partial charge in [-0.15, -0.1) is 11.3 Å². The lowest BCUT2D eigenvalue weighted by Gasteiger charge is -2.04. The van der Waals surface area contributed by atoms with Crippen molar-refractivity contribution in [2.75, 3.05) is 13.2 Å². The van der Waals surface area contributed by atoms with Gasteiger partial charge < -0.3 is 10.1 Å². The number of thiophene rings is 1. The fourth-order valence-electron chi connectivity index (χ4n) is 2.63. The van der Waals surface area contributed by atoms with E-state index in [1.807, 2.05) is 61.0 Å². The lowest BCUT2D eigenvalue weighted by Crippen LogP contribution is -2.29. The van der Waals surface area contributed by atoms with E-state index in [-0.39, 0.29) is 12.5 Å². The summed E-state index contributed by atoms with van der Waals surface area (Å²) in [4.78, 5) is 24.7. The molecular weight excluding hydrogens is 386 g/mol. The summed E-state index contributed by atoms with van der Waals surface area (Å²) in [5, 5.41) is 9.37. The summed E-state index contributed by atoms with van der Waals surface area (Å²) in [5.41, 5.74) is 2.50. The van der Waals surface area contributed by atoms with Crippen molar-refractivity contribution in [2.45, 2.75) is 19.8 Å². The second kappa shape index (κ2) is 10.4. The van der Waals surface area contributed by atoms with Crippen molar-refractivity contribution in [1.82, 2.24) is 15.1 Å². The number of hydrogen-bond acceptors (Lipinski definition) is 5. The van der Waals surface area contributed by atoms with Crippen molar-refractivity contribution in [2.24, 2.45) is 0 Å². The Morgan fingerprint density at radius 1 is 1.21 bits per heavy atom. The van der Waals surface area contributed by atoms with Gasteiger partial charge in [0.2, 0.25) is 0 Å². The predicted octanol–water partition coefficient (Wildman–Crippen LogP) is 4.07. The molecule has 150 valence electrons. The molecule has 0 unspecified atom stereocenters. The van der Waals surface area contributed by atoms with E-state index in [4.69, 9.17) is 4.74 Å². The van der Waals surface area contributed by atoms with Gasteiger partial charge in [-0.3, -0.25) is 4.79 Å². The molecule has 0 aliphatic rings. The van der Waals surface area contributed by atoms with Crippen LogP contribution in [0.15, 0.2) is 60.1 Å². The molecule has 1 N–H and O–H groups in total. The van der Waals surface area contributed by atoms with Crippen LogP contribution >= 0.6 is 11.3 Å². The van der Waals surface area contributed by atoms with Crippen molar-refractivity contribution in [3.05, 3.63) is 65.7 Å². The third-order valence-electron chi connectivity index (χ3n) is 4.11. The van der Waals surface area contributed by atoms with Crippen molar-refractivity contribution in [1.29, 1.82) is 0 Å². The molecule has 0 bridgehead atoms. The van der Waals surface area contributed by atoms with E-state index in [0.717, 1.165) is 34.7 Å². The zero-order valence-corrected chi connectivity index (χ0v) is 17.0. The Hall–Kier alpha value is -3.19. The number of hydrogen-bond donors (Lipinski definition) is 1. The molecular formula is C22H23N3O3S. The van der Waals surface area contributed by atoms with Crippen molar-refractivity contribution in [3.8, 4) is 16.3 Å². The molecule has 0 spiro atoms. The number of para-hydroxylation sites is 1. The molecule has 0 fully saturated rings. The number of esters is 1. The largest absolute Gasteiger partial charge is 0.452 e. The van der Waals surface area contributed by atoms with Gasteiger partial charge in [0, 0.05) is 24.4 Å². The second-order valence-corrected chi connectivity index (χ2v) is 7.28. The summed E-state index contributed by atoms with van der Waals surface area (Å²) in [7, 11) is 0. The molecule has 0 atom stereocenters. The Labute approximate surface area is 173 Å². The first-order valence-corrected chi connectivity index (χ1v) is 10.4. The smallest absolute Gasteiger partial charge is 0.331 e. The number of nitrogens with zero attached hydrogens (tertiary/aromatic N) is 2. The van der Waals surface area contributed by atoms with Crippen molar-refractivity contribution in [3.63, 3.8) is 0 Å². The number of carbonyl (C=O) groups excluding carboxylic acids is 2. The van der Waals surface area contributed by atoms with Crippen LogP contribution in [0.5, 0.6) is 0 Å². The minimum Gasteiger partial charge on any atom is -0.452 e. The standard InChI is InChI=1S/C22H23N3O3S/c1-2-3-13-23-20(26)16-28-21(27)12-11-17-15-25(18-8-5-4-6-9-18)24-22(17)19-10-7-14-29-19/h4-12,14-15H,2-3,13,16H2,1H3,(H,23,26)/b12-11+. The Bertz CT molecular complexity index is 963. The van der Waals surface area contributed by atoms with Crippen LogP contribution in [0.4, 0.5) is 0 Å². The van der Waals surface area contributed by atoms with Crippen LogP contribution in [0.25, 0.3) is 22.3 Å². The topological polar surface area (TPSA) is 73.2 Å². The van der Waals surface area contributed by atoms with E-state index in [0.29, 0.717) is 6.54 Å². The highest BCUT2D eigenvalue weighted by Crippen LogP contribution is 2.28. The van der Waals surface area contributed by atoms with Crippen LogP contribution in [-0.2, 0) is 14.3 Å². The van der Waals surface area contributed by atoms with Gasteiger partial charge in [-0.2, -0.15) is 5.10 Å². The Morgan fingerprint density at radius 2 is 2.03 bits per heavy atom. The molecule has 3 rings (SSSR count). The number of aromatic nitrogens is 2. The highest BCUT2D eigenvalue weighted by molar-refractivity contribution is 7.13. The van der Waals surface area contributed by atoms with E-state index in [9.17, 15) is 9.59 Å². The van der Waals surface area contributed by atoms with E-state index < -0.39 is 5.97 Å². The lowest BCUT2D eigenvalue weighted by molar-refractivity contribution is -0.143. The number of benzene rings is 1. The average molecular weight is 410 g/mol. The Morgan fingerprint density at radius 3 is 2.76 bits per heavy atom. The summed E-state index contributed by atoms with van der Waals surface area (Å²) < 4.78 is 6.79. The monoisotopic (exact) mass is 409 g/mol. The first kappa shape index (κ1) is 20.5. The third kappa shape index (κ3) is 5.89. The molecule has 2 heterocycles. The molecule has 1 aromatic carbocycles. The summed E-state index contributed by atoms with van der Waals surface area (Å²) in [6.07, 6.45) is 6.75. The average Bonchev–Trinajstić information content (AvgIpc) is 3.41. The maximum atomic E-state index is 12.0. The first-order valence-electron chi connectivity index (χ1n) is 9.48. The van der Waals surface area contributed by atoms with E-state index in [1.54, 1.807) is 22.1 Å². The highest BCUT2D eigenvalue weighted by atomic mass is 32.1. The second-order valence-electron chi connectivity index (χ2n) is 6.34. The van der Waals surface area contributed by atoms with Gasteiger partial charge >= 0.3 is 5.97 Å². The van der Waals surface area contributed by atoms with Crippen LogP contribution in [0.3, 0.4) is 0 Å². The molecule has 0 aliphatic heterocycles. The molecule has 2 aromatic heterocycles. The summed E-state index contributed by atoms with van der Waals surface area (Å²) >= 11 is 1.58. The van der Waals surface area contributed by atoms with Gasteiger partial charge in [-0.1, -0.05) is 37.6 Å². The zero-order chi connectivity index (χ0) is 20.5. The van der Waals surface area contributed by atoms with E-state index in [1.165, 1.54) is 6.08 Å². The molecule has 0 aliphatic carbocycles. The van der Waals surface area contributed by atoms with Crippen LogP contribution in [0.2, 0.25) is 0 Å².